The molecule has 21 heavy (non-hydrogen) atoms. The summed E-state index contributed by atoms with van der Waals surface area (Å²) < 4.78 is 5.66. The molecule has 1 aliphatic rings. The summed E-state index contributed by atoms with van der Waals surface area (Å²) in [5.74, 6) is 1.05. The molecule has 1 fully saturated rings. The molecule has 2 atom stereocenters. The van der Waals surface area contributed by atoms with Crippen molar-refractivity contribution in [2.45, 2.75) is 38.9 Å². The minimum atomic E-state index is 0.115. The molecule has 0 bridgehead atoms. The van der Waals surface area contributed by atoms with Crippen molar-refractivity contribution in [1.29, 1.82) is 0 Å². The monoisotopic (exact) mass is 287 g/mol. The largest absolute Gasteiger partial charge is 0.372 e. The van der Waals surface area contributed by atoms with Crippen LogP contribution in [0.1, 0.15) is 26.1 Å². The zero-order valence-corrected chi connectivity index (χ0v) is 12.5. The smallest absolute Gasteiger partial charge is 0.223 e. The molecule has 5 nitrogen and oxygen atoms in total. The van der Waals surface area contributed by atoms with E-state index in [0.29, 0.717) is 25.9 Å². The van der Waals surface area contributed by atoms with Crippen molar-refractivity contribution in [3.05, 3.63) is 30.1 Å². The number of ether oxygens (including phenoxy) is 1. The predicted octanol–water partition coefficient (Wildman–Crippen LogP) is 2.13. The van der Waals surface area contributed by atoms with Gasteiger partial charge in [-0.05, 0) is 26.0 Å². The summed E-state index contributed by atoms with van der Waals surface area (Å²) in [7, 11) is 0. The first-order valence-electron chi connectivity index (χ1n) is 7.48. The van der Waals surface area contributed by atoms with Crippen LogP contribution in [0.5, 0.6) is 0 Å². The van der Waals surface area contributed by atoms with Crippen LogP contribution < -0.4 is 0 Å². The molecule has 0 aliphatic carbocycles. The van der Waals surface area contributed by atoms with Gasteiger partial charge < -0.3 is 14.6 Å². The van der Waals surface area contributed by atoms with Crippen molar-refractivity contribution < 1.29 is 9.53 Å². The van der Waals surface area contributed by atoms with Crippen molar-refractivity contribution in [1.82, 2.24) is 14.9 Å². The first-order chi connectivity index (χ1) is 10.1. The first kappa shape index (κ1) is 14.1. The number of imidazole rings is 1. The normalized spacial score (nSPS) is 22.7. The lowest BCUT2D eigenvalue weighted by Crippen LogP contribution is -2.48. The van der Waals surface area contributed by atoms with Crippen molar-refractivity contribution in [2.75, 3.05) is 13.1 Å². The number of fused-ring (bicyclic) bond motifs is 1. The van der Waals surface area contributed by atoms with Crippen LogP contribution in [0.15, 0.2) is 24.3 Å². The SMILES string of the molecule is CC1CN(C(=O)CCc2nc3ccccc3[nH]2)CC(C)O1. The van der Waals surface area contributed by atoms with Crippen molar-refractivity contribution >= 4 is 16.9 Å². The van der Waals surface area contributed by atoms with Crippen LogP contribution >= 0.6 is 0 Å². The van der Waals surface area contributed by atoms with E-state index < -0.39 is 0 Å². The zero-order chi connectivity index (χ0) is 14.8. The highest BCUT2D eigenvalue weighted by Crippen LogP contribution is 2.14. The number of carbonyl (C=O) groups excluding carboxylic acids is 1. The Hall–Kier alpha value is -1.88. The van der Waals surface area contributed by atoms with Crippen LogP contribution in [0.25, 0.3) is 11.0 Å². The van der Waals surface area contributed by atoms with Gasteiger partial charge in [0.25, 0.3) is 0 Å². The molecule has 3 rings (SSSR count). The Labute approximate surface area is 124 Å². The van der Waals surface area contributed by atoms with Gasteiger partial charge in [0, 0.05) is 25.9 Å². The molecule has 1 aromatic heterocycles. The predicted molar refractivity (Wildman–Crippen MR) is 81.0 cm³/mol. The number of nitrogens with one attached hydrogen (secondary N) is 1. The van der Waals surface area contributed by atoms with Crippen molar-refractivity contribution in [3.63, 3.8) is 0 Å². The van der Waals surface area contributed by atoms with Crippen LogP contribution in [0.2, 0.25) is 0 Å². The molecule has 0 spiro atoms. The van der Waals surface area contributed by atoms with Crippen LogP contribution in [0, 0.1) is 0 Å². The van der Waals surface area contributed by atoms with Crippen molar-refractivity contribution in [3.8, 4) is 0 Å². The maximum Gasteiger partial charge on any atom is 0.223 e. The van der Waals surface area contributed by atoms with Crippen LogP contribution in [0.4, 0.5) is 0 Å². The number of nitrogens with zero attached hydrogens (tertiary/aromatic N) is 2. The fourth-order valence-corrected chi connectivity index (χ4v) is 2.89. The highest BCUT2D eigenvalue weighted by molar-refractivity contribution is 5.77. The third kappa shape index (κ3) is 3.24. The molecule has 5 heteroatoms. The maximum absolute atomic E-state index is 12.3. The van der Waals surface area contributed by atoms with Crippen LogP contribution in [0.3, 0.4) is 0 Å². The fraction of sp³-hybridized carbons (Fsp3) is 0.500. The van der Waals surface area contributed by atoms with Gasteiger partial charge >= 0.3 is 0 Å². The maximum atomic E-state index is 12.3. The Morgan fingerprint density at radius 2 is 2.05 bits per heavy atom. The van der Waals surface area contributed by atoms with Gasteiger partial charge in [0.2, 0.25) is 5.91 Å². The molecule has 112 valence electrons. The zero-order valence-electron chi connectivity index (χ0n) is 12.5. The third-order valence-electron chi connectivity index (χ3n) is 3.79. The molecular weight excluding hydrogens is 266 g/mol. The average Bonchev–Trinajstić information content (AvgIpc) is 2.86. The van der Waals surface area contributed by atoms with E-state index in [4.69, 9.17) is 4.74 Å². The van der Waals surface area contributed by atoms with Gasteiger partial charge in [-0.3, -0.25) is 4.79 Å². The highest BCUT2D eigenvalue weighted by Gasteiger charge is 2.25. The fourth-order valence-electron chi connectivity index (χ4n) is 2.89. The second-order valence-corrected chi connectivity index (χ2v) is 5.76. The van der Waals surface area contributed by atoms with E-state index >= 15 is 0 Å². The number of carbonyl (C=O) groups is 1. The Bertz CT molecular complexity index is 594. The molecular formula is C16H21N3O2. The number of hydrogen-bond acceptors (Lipinski definition) is 3. The Balaban J connectivity index is 1.60. The van der Waals surface area contributed by atoms with Gasteiger partial charge in [-0.25, -0.2) is 4.98 Å². The molecule has 0 saturated carbocycles. The summed E-state index contributed by atoms with van der Waals surface area (Å²) >= 11 is 0. The van der Waals surface area contributed by atoms with E-state index in [0.717, 1.165) is 16.9 Å². The van der Waals surface area contributed by atoms with Crippen LogP contribution in [-0.4, -0.2) is 46.1 Å². The van der Waals surface area contributed by atoms with E-state index in [-0.39, 0.29) is 18.1 Å². The number of benzene rings is 1. The van der Waals surface area contributed by atoms with Gasteiger partial charge in [0.05, 0.1) is 23.2 Å². The lowest BCUT2D eigenvalue weighted by molar-refractivity contribution is -0.143. The van der Waals surface area contributed by atoms with E-state index in [2.05, 4.69) is 9.97 Å². The topological polar surface area (TPSA) is 58.2 Å². The standard InChI is InChI=1S/C16H21N3O2/c1-11-9-19(10-12(2)21-11)16(20)8-7-15-17-13-5-3-4-6-14(13)18-15/h3-6,11-12H,7-10H2,1-2H3,(H,17,18). The molecule has 1 N–H and O–H groups in total. The number of aryl methyl sites for hydroxylation is 1. The van der Waals surface area contributed by atoms with E-state index in [1.165, 1.54) is 0 Å². The second kappa shape index (κ2) is 5.85. The number of aromatic nitrogens is 2. The van der Waals surface area contributed by atoms with Gasteiger partial charge in [0.1, 0.15) is 5.82 Å². The lowest BCUT2D eigenvalue weighted by atomic mass is 10.2. The molecule has 2 unspecified atom stereocenters. The summed E-state index contributed by atoms with van der Waals surface area (Å²) in [6, 6.07) is 7.92. The molecule has 1 aliphatic heterocycles. The van der Waals surface area contributed by atoms with Gasteiger partial charge in [-0.1, -0.05) is 12.1 Å². The first-order valence-corrected chi connectivity index (χ1v) is 7.48. The van der Waals surface area contributed by atoms with E-state index in [1.54, 1.807) is 0 Å². The summed E-state index contributed by atoms with van der Waals surface area (Å²) in [6.45, 7) is 5.39. The summed E-state index contributed by atoms with van der Waals surface area (Å²) in [6.07, 6.45) is 1.36. The number of rotatable bonds is 3. The number of amides is 1. The number of hydrogen-bond donors (Lipinski definition) is 1. The number of para-hydroxylation sites is 2. The average molecular weight is 287 g/mol. The molecule has 1 aromatic carbocycles. The van der Waals surface area contributed by atoms with E-state index in [9.17, 15) is 4.79 Å². The molecule has 0 radical (unpaired) electrons. The third-order valence-corrected chi connectivity index (χ3v) is 3.79. The molecule has 1 saturated heterocycles. The van der Waals surface area contributed by atoms with Crippen molar-refractivity contribution in [2.24, 2.45) is 0 Å². The summed E-state index contributed by atoms with van der Waals surface area (Å²) in [4.78, 5) is 22.0. The summed E-state index contributed by atoms with van der Waals surface area (Å²) in [5, 5.41) is 0. The minimum absolute atomic E-state index is 0.115. The van der Waals surface area contributed by atoms with Gasteiger partial charge in [-0.2, -0.15) is 0 Å². The quantitative estimate of drug-likeness (QED) is 0.941. The Morgan fingerprint density at radius 3 is 2.76 bits per heavy atom. The lowest BCUT2D eigenvalue weighted by Gasteiger charge is -2.35. The van der Waals surface area contributed by atoms with Crippen LogP contribution in [-0.2, 0) is 16.0 Å². The number of morpholine rings is 1. The highest BCUT2D eigenvalue weighted by atomic mass is 16.5. The molecule has 1 amide bonds. The van der Waals surface area contributed by atoms with Gasteiger partial charge in [-0.15, -0.1) is 0 Å². The molecule has 2 heterocycles. The molecule has 2 aromatic rings. The minimum Gasteiger partial charge on any atom is -0.372 e. The van der Waals surface area contributed by atoms with E-state index in [1.807, 2.05) is 43.0 Å². The number of aromatic amines is 1. The second-order valence-electron chi connectivity index (χ2n) is 5.76. The Morgan fingerprint density at radius 1 is 1.33 bits per heavy atom. The van der Waals surface area contributed by atoms with Gasteiger partial charge in [0.15, 0.2) is 0 Å². The summed E-state index contributed by atoms with van der Waals surface area (Å²) in [5.41, 5.74) is 1.97. The number of H-pyrrole nitrogens is 1. The Kier molecular flexibility index (Phi) is 3.92.